The van der Waals surface area contributed by atoms with Gasteiger partial charge in [-0.25, -0.2) is 0 Å². The van der Waals surface area contributed by atoms with E-state index in [-0.39, 0.29) is 11.7 Å². The van der Waals surface area contributed by atoms with Gasteiger partial charge in [0.15, 0.2) is 0 Å². The first-order valence-electron chi connectivity index (χ1n) is 5.93. The molecule has 1 heterocycles. The molecule has 0 aliphatic rings. The van der Waals surface area contributed by atoms with Crippen LogP contribution in [0.15, 0.2) is 28.8 Å². The number of nitro groups is 1. The van der Waals surface area contributed by atoms with E-state index in [4.69, 9.17) is 4.52 Å². The van der Waals surface area contributed by atoms with Gasteiger partial charge in [0.25, 0.3) is 5.69 Å². The minimum absolute atomic E-state index is 0.0340. The topological polar surface area (TPSA) is 81.2 Å². The van der Waals surface area contributed by atoms with Gasteiger partial charge in [-0.3, -0.25) is 10.1 Å². The first kappa shape index (κ1) is 13.1. The van der Waals surface area contributed by atoms with Crippen LogP contribution in [-0.2, 0) is 0 Å². The molecule has 100 valence electrons. The zero-order valence-electron chi connectivity index (χ0n) is 11.0. The minimum Gasteiger partial charge on any atom is -0.378 e. The summed E-state index contributed by atoms with van der Waals surface area (Å²) in [5, 5.41) is 17.8. The second-order valence-corrected chi connectivity index (χ2v) is 4.41. The van der Waals surface area contributed by atoms with Crippen molar-refractivity contribution in [1.82, 2.24) is 5.16 Å². The summed E-state index contributed by atoms with van der Waals surface area (Å²) in [5.74, 6) is 0.753. The Morgan fingerprint density at radius 2 is 2.16 bits per heavy atom. The fourth-order valence-corrected chi connectivity index (χ4v) is 2.14. The number of anilines is 1. The lowest BCUT2D eigenvalue weighted by Gasteiger charge is -2.14. The fraction of sp³-hybridized carbons (Fsp3) is 0.308. The average molecular weight is 261 g/mol. The molecule has 0 aliphatic heterocycles. The van der Waals surface area contributed by atoms with Crippen LogP contribution in [0, 0.1) is 24.0 Å². The SMILES string of the molecule is Cc1noc(C)c1C(C)Nc1cccc([N+](=O)[O-])c1. The van der Waals surface area contributed by atoms with Gasteiger partial charge in [-0.05, 0) is 26.8 Å². The summed E-state index contributed by atoms with van der Waals surface area (Å²) in [6.07, 6.45) is 0. The summed E-state index contributed by atoms with van der Waals surface area (Å²) < 4.78 is 5.12. The monoisotopic (exact) mass is 261 g/mol. The molecule has 6 nitrogen and oxygen atoms in total. The molecule has 1 aromatic heterocycles. The lowest BCUT2D eigenvalue weighted by molar-refractivity contribution is -0.384. The van der Waals surface area contributed by atoms with Crippen LogP contribution in [0.2, 0.25) is 0 Å². The van der Waals surface area contributed by atoms with Gasteiger partial charge < -0.3 is 9.84 Å². The van der Waals surface area contributed by atoms with Gasteiger partial charge in [-0.2, -0.15) is 0 Å². The van der Waals surface area contributed by atoms with Gasteiger partial charge in [-0.15, -0.1) is 0 Å². The van der Waals surface area contributed by atoms with Gasteiger partial charge in [0.2, 0.25) is 0 Å². The Morgan fingerprint density at radius 3 is 2.74 bits per heavy atom. The maximum atomic E-state index is 10.7. The van der Waals surface area contributed by atoms with Crippen LogP contribution >= 0.6 is 0 Å². The maximum Gasteiger partial charge on any atom is 0.271 e. The van der Waals surface area contributed by atoms with Crippen LogP contribution < -0.4 is 5.32 Å². The van der Waals surface area contributed by atoms with Gasteiger partial charge >= 0.3 is 0 Å². The molecule has 1 unspecified atom stereocenters. The summed E-state index contributed by atoms with van der Waals surface area (Å²) in [6.45, 7) is 5.68. The van der Waals surface area contributed by atoms with Crippen LogP contribution in [0.5, 0.6) is 0 Å². The summed E-state index contributed by atoms with van der Waals surface area (Å²) in [5.41, 5.74) is 2.56. The Balaban J connectivity index is 2.22. The summed E-state index contributed by atoms with van der Waals surface area (Å²) >= 11 is 0. The van der Waals surface area contributed by atoms with Crippen LogP contribution in [0.25, 0.3) is 0 Å². The van der Waals surface area contributed by atoms with Crippen molar-refractivity contribution in [2.75, 3.05) is 5.32 Å². The van der Waals surface area contributed by atoms with Gasteiger partial charge in [0, 0.05) is 23.4 Å². The number of rotatable bonds is 4. The van der Waals surface area contributed by atoms with E-state index in [0.29, 0.717) is 5.69 Å². The van der Waals surface area contributed by atoms with E-state index in [1.807, 2.05) is 20.8 Å². The van der Waals surface area contributed by atoms with E-state index < -0.39 is 4.92 Å². The number of nitrogens with one attached hydrogen (secondary N) is 1. The third kappa shape index (κ3) is 2.73. The van der Waals surface area contributed by atoms with Crippen LogP contribution in [0.1, 0.15) is 30.0 Å². The van der Waals surface area contributed by atoms with Crippen molar-refractivity contribution in [3.05, 3.63) is 51.4 Å². The number of aryl methyl sites for hydroxylation is 2. The molecule has 6 heteroatoms. The third-order valence-corrected chi connectivity index (χ3v) is 2.96. The summed E-state index contributed by atoms with van der Waals surface area (Å²) in [6, 6.07) is 6.39. The molecule has 0 saturated carbocycles. The van der Waals surface area contributed by atoms with Crippen molar-refractivity contribution in [3.8, 4) is 0 Å². The number of hydrogen-bond acceptors (Lipinski definition) is 5. The first-order chi connectivity index (χ1) is 8.99. The molecule has 0 fully saturated rings. The highest BCUT2D eigenvalue weighted by Crippen LogP contribution is 2.26. The molecular weight excluding hydrogens is 246 g/mol. The Morgan fingerprint density at radius 1 is 1.42 bits per heavy atom. The number of benzene rings is 1. The van der Waals surface area contributed by atoms with Crippen molar-refractivity contribution in [2.24, 2.45) is 0 Å². The molecule has 0 saturated heterocycles. The zero-order valence-corrected chi connectivity index (χ0v) is 11.0. The molecule has 19 heavy (non-hydrogen) atoms. The van der Waals surface area contributed by atoms with Gasteiger partial charge in [0.05, 0.1) is 16.7 Å². The molecule has 0 aliphatic carbocycles. The molecule has 0 bridgehead atoms. The zero-order chi connectivity index (χ0) is 14.0. The first-order valence-corrected chi connectivity index (χ1v) is 5.93. The normalized spacial score (nSPS) is 12.2. The molecular formula is C13H15N3O3. The maximum absolute atomic E-state index is 10.7. The molecule has 1 atom stereocenters. The Labute approximate surface area is 110 Å². The van der Waals surface area contributed by atoms with Crippen molar-refractivity contribution in [2.45, 2.75) is 26.8 Å². The van der Waals surface area contributed by atoms with Crippen molar-refractivity contribution >= 4 is 11.4 Å². The predicted octanol–water partition coefficient (Wildman–Crippen LogP) is 3.37. The smallest absolute Gasteiger partial charge is 0.271 e. The third-order valence-electron chi connectivity index (χ3n) is 2.96. The van der Waals surface area contributed by atoms with Crippen molar-refractivity contribution in [1.29, 1.82) is 0 Å². The molecule has 0 radical (unpaired) electrons. The second-order valence-electron chi connectivity index (χ2n) is 4.41. The fourth-order valence-electron chi connectivity index (χ4n) is 2.14. The summed E-state index contributed by atoms with van der Waals surface area (Å²) in [7, 11) is 0. The van der Waals surface area contributed by atoms with E-state index >= 15 is 0 Å². The number of non-ortho nitro benzene ring substituents is 1. The Hall–Kier alpha value is -2.37. The van der Waals surface area contributed by atoms with Crippen LogP contribution in [0.3, 0.4) is 0 Å². The quantitative estimate of drug-likeness (QED) is 0.674. The lowest BCUT2D eigenvalue weighted by Crippen LogP contribution is -2.08. The van der Waals surface area contributed by atoms with E-state index in [0.717, 1.165) is 17.0 Å². The molecule has 2 rings (SSSR count). The molecule has 1 N–H and O–H groups in total. The van der Waals surface area contributed by atoms with Crippen molar-refractivity contribution in [3.63, 3.8) is 0 Å². The highest BCUT2D eigenvalue weighted by molar-refractivity contribution is 5.52. The lowest BCUT2D eigenvalue weighted by atomic mass is 10.1. The molecule has 1 aromatic carbocycles. The minimum atomic E-state index is -0.411. The van der Waals surface area contributed by atoms with Crippen LogP contribution in [-0.4, -0.2) is 10.1 Å². The Bertz CT molecular complexity index is 587. The van der Waals surface area contributed by atoms with Gasteiger partial charge in [0.1, 0.15) is 5.76 Å². The number of hydrogen-bond donors (Lipinski definition) is 1. The number of nitrogens with zero attached hydrogens (tertiary/aromatic N) is 2. The average Bonchev–Trinajstić information content (AvgIpc) is 2.69. The molecule has 0 amide bonds. The van der Waals surface area contributed by atoms with E-state index in [9.17, 15) is 10.1 Å². The largest absolute Gasteiger partial charge is 0.378 e. The highest BCUT2D eigenvalue weighted by Gasteiger charge is 2.16. The summed E-state index contributed by atoms with van der Waals surface area (Å²) in [4.78, 5) is 10.3. The van der Waals surface area contributed by atoms with E-state index in [2.05, 4.69) is 10.5 Å². The van der Waals surface area contributed by atoms with Gasteiger partial charge in [-0.1, -0.05) is 11.2 Å². The predicted molar refractivity (Wildman–Crippen MR) is 71.1 cm³/mol. The van der Waals surface area contributed by atoms with E-state index in [1.165, 1.54) is 12.1 Å². The Kier molecular flexibility index (Phi) is 3.50. The van der Waals surface area contributed by atoms with Crippen molar-refractivity contribution < 1.29 is 9.45 Å². The van der Waals surface area contributed by atoms with Crippen LogP contribution in [0.4, 0.5) is 11.4 Å². The number of aromatic nitrogens is 1. The molecule has 2 aromatic rings. The number of nitro benzene ring substituents is 1. The second kappa shape index (κ2) is 5.09. The van der Waals surface area contributed by atoms with E-state index in [1.54, 1.807) is 12.1 Å². The standard InChI is InChI=1S/C13H15N3O3/c1-8(13-9(2)15-19-10(13)3)14-11-5-4-6-12(7-11)16(17)18/h4-8,14H,1-3H3. The highest BCUT2D eigenvalue weighted by atomic mass is 16.6. The molecule has 0 spiro atoms.